The largest absolute Gasteiger partial charge is 0.480 e. The van der Waals surface area contributed by atoms with E-state index in [1.807, 2.05) is 0 Å². The molecule has 0 aliphatic heterocycles. The van der Waals surface area contributed by atoms with Gasteiger partial charge >= 0.3 is 5.97 Å². The number of hydrogen-bond donors (Lipinski definition) is 4. The average Bonchev–Trinajstić information content (AvgIpc) is 2.12. The molecule has 0 saturated carbocycles. The zero-order valence-electron chi connectivity index (χ0n) is 9.44. The van der Waals surface area contributed by atoms with Crippen molar-refractivity contribution in [3.63, 3.8) is 0 Å². The van der Waals surface area contributed by atoms with Gasteiger partial charge in [0.05, 0.1) is 0 Å². The van der Waals surface area contributed by atoms with Gasteiger partial charge in [-0.15, -0.1) is 0 Å². The monoisotopic (exact) mass is 218 g/mol. The summed E-state index contributed by atoms with van der Waals surface area (Å²) in [5.74, 6) is -0.987. The van der Waals surface area contributed by atoms with Crippen LogP contribution in [0.4, 0.5) is 0 Å². The minimum atomic E-state index is -1.00. The first-order valence-corrected chi connectivity index (χ1v) is 4.99. The molecule has 1 atom stereocenters. The van der Waals surface area contributed by atoms with E-state index in [-0.39, 0.29) is 5.96 Å². The van der Waals surface area contributed by atoms with Crippen molar-refractivity contribution >= 4 is 11.9 Å². The Morgan fingerprint density at radius 3 is 2.20 bits per heavy atom. The van der Waals surface area contributed by atoms with Crippen LogP contribution >= 0.6 is 0 Å². The molecule has 0 aliphatic rings. The lowest BCUT2D eigenvalue weighted by atomic mass is 10.2. The molecule has 15 heavy (non-hydrogen) atoms. The fourth-order valence-corrected chi connectivity index (χ4v) is 0.643. The second kappa shape index (κ2) is 10.8. The first-order valence-electron chi connectivity index (χ1n) is 4.99. The first kappa shape index (κ1) is 16.1. The molecular weight excluding hydrogens is 196 g/mol. The standard InChI is InChI=1S/C6H14N4O2.C3H8/c7-4(5(11)12)2-1-3-10-6(8)9;1-3-2/h4H,1-3,7H2,(H,11,12)(H4,8,9,10);3H2,1-2H3. The second-order valence-corrected chi connectivity index (χ2v) is 3.10. The third kappa shape index (κ3) is 15.5. The SMILES string of the molecule is CCC.NC(N)=NCCCC(N)C(=O)O. The molecule has 0 amide bonds. The first-order chi connectivity index (χ1) is 6.95. The van der Waals surface area contributed by atoms with Crippen molar-refractivity contribution in [2.24, 2.45) is 22.2 Å². The van der Waals surface area contributed by atoms with Crippen LogP contribution in [0.1, 0.15) is 33.1 Å². The Bertz CT molecular complexity index is 191. The summed E-state index contributed by atoms with van der Waals surface area (Å²) in [6.07, 6.45) is 2.21. The summed E-state index contributed by atoms with van der Waals surface area (Å²) >= 11 is 0. The number of carboxylic acid groups (broad SMARTS) is 1. The number of carboxylic acids is 1. The quantitative estimate of drug-likeness (QED) is 0.290. The van der Waals surface area contributed by atoms with Gasteiger partial charge in [0.15, 0.2) is 5.96 Å². The number of nitrogens with two attached hydrogens (primary N) is 3. The third-order valence-electron chi connectivity index (χ3n) is 1.28. The zero-order chi connectivity index (χ0) is 12.3. The van der Waals surface area contributed by atoms with E-state index in [0.29, 0.717) is 19.4 Å². The highest BCUT2D eigenvalue weighted by atomic mass is 16.4. The molecule has 6 nitrogen and oxygen atoms in total. The van der Waals surface area contributed by atoms with Crippen molar-refractivity contribution in [1.82, 2.24) is 0 Å². The summed E-state index contributed by atoms with van der Waals surface area (Å²) in [6.45, 7) is 4.67. The van der Waals surface area contributed by atoms with E-state index in [9.17, 15) is 4.79 Å². The normalized spacial score (nSPS) is 10.9. The molecule has 7 N–H and O–H groups in total. The number of nitrogens with zero attached hydrogens (tertiary/aromatic N) is 1. The summed E-state index contributed by atoms with van der Waals surface area (Å²) in [7, 11) is 0. The maximum absolute atomic E-state index is 10.2. The highest BCUT2D eigenvalue weighted by Gasteiger charge is 2.09. The highest BCUT2D eigenvalue weighted by molar-refractivity contribution is 5.75. The van der Waals surface area contributed by atoms with Crippen LogP contribution in [0.15, 0.2) is 4.99 Å². The molecule has 0 heterocycles. The lowest BCUT2D eigenvalue weighted by Gasteiger charge is -2.03. The second-order valence-electron chi connectivity index (χ2n) is 3.10. The minimum Gasteiger partial charge on any atom is -0.480 e. The Morgan fingerprint density at radius 2 is 1.87 bits per heavy atom. The molecule has 0 radical (unpaired) electrons. The maximum Gasteiger partial charge on any atom is 0.320 e. The Kier molecular flexibility index (Phi) is 11.6. The van der Waals surface area contributed by atoms with Crippen LogP contribution < -0.4 is 17.2 Å². The Labute approximate surface area is 90.5 Å². The molecule has 6 heteroatoms. The van der Waals surface area contributed by atoms with E-state index >= 15 is 0 Å². The van der Waals surface area contributed by atoms with Gasteiger partial charge in [0.25, 0.3) is 0 Å². The molecule has 0 rings (SSSR count). The van der Waals surface area contributed by atoms with E-state index in [4.69, 9.17) is 22.3 Å². The number of hydrogen-bond acceptors (Lipinski definition) is 3. The highest BCUT2D eigenvalue weighted by Crippen LogP contribution is 1.94. The zero-order valence-corrected chi connectivity index (χ0v) is 9.44. The molecule has 1 unspecified atom stereocenters. The number of guanidine groups is 1. The molecule has 90 valence electrons. The van der Waals surface area contributed by atoms with Crippen molar-refractivity contribution in [2.75, 3.05) is 6.54 Å². The van der Waals surface area contributed by atoms with Crippen LogP contribution in [-0.4, -0.2) is 29.6 Å². The summed E-state index contributed by atoms with van der Waals surface area (Å²) < 4.78 is 0. The van der Waals surface area contributed by atoms with E-state index in [1.54, 1.807) is 0 Å². The van der Waals surface area contributed by atoms with E-state index in [2.05, 4.69) is 18.8 Å². The Hall–Kier alpha value is -1.30. The number of aliphatic carboxylic acids is 1. The summed E-state index contributed by atoms with van der Waals surface area (Å²) in [4.78, 5) is 13.9. The van der Waals surface area contributed by atoms with Crippen LogP contribution in [0.25, 0.3) is 0 Å². The van der Waals surface area contributed by atoms with Gasteiger partial charge in [0, 0.05) is 6.54 Å². The van der Waals surface area contributed by atoms with Gasteiger partial charge in [-0.3, -0.25) is 9.79 Å². The number of carbonyl (C=O) groups is 1. The van der Waals surface area contributed by atoms with Crippen LogP contribution in [0.5, 0.6) is 0 Å². The maximum atomic E-state index is 10.2. The van der Waals surface area contributed by atoms with Gasteiger partial charge in [0.1, 0.15) is 6.04 Å². The molecule has 0 aromatic carbocycles. The fraction of sp³-hybridized carbons (Fsp3) is 0.778. The summed E-state index contributed by atoms with van der Waals surface area (Å²) in [5.41, 5.74) is 15.3. The Balaban J connectivity index is 0. The lowest BCUT2D eigenvalue weighted by molar-refractivity contribution is -0.138. The predicted molar refractivity (Wildman–Crippen MR) is 61.5 cm³/mol. The molecule has 0 aliphatic carbocycles. The van der Waals surface area contributed by atoms with Gasteiger partial charge in [-0.1, -0.05) is 20.3 Å². The fourth-order valence-electron chi connectivity index (χ4n) is 0.643. The minimum absolute atomic E-state index is 0.0129. The summed E-state index contributed by atoms with van der Waals surface area (Å²) in [5, 5.41) is 8.38. The average molecular weight is 218 g/mol. The van der Waals surface area contributed by atoms with Crippen LogP contribution in [0, 0.1) is 0 Å². The molecular formula is C9H22N4O2. The predicted octanol–water partition coefficient (Wildman–Crippen LogP) is -0.132. The molecule has 0 saturated heterocycles. The van der Waals surface area contributed by atoms with Crippen molar-refractivity contribution in [1.29, 1.82) is 0 Å². The van der Waals surface area contributed by atoms with Crippen molar-refractivity contribution in [2.45, 2.75) is 39.2 Å². The van der Waals surface area contributed by atoms with E-state index in [0.717, 1.165) is 0 Å². The van der Waals surface area contributed by atoms with E-state index < -0.39 is 12.0 Å². The van der Waals surface area contributed by atoms with Crippen molar-refractivity contribution < 1.29 is 9.90 Å². The van der Waals surface area contributed by atoms with Gasteiger partial charge in [-0.25, -0.2) is 0 Å². The molecule has 0 spiro atoms. The molecule has 0 bridgehead atoms. The number of aliphatic imine (C=N–C) groups is 1. The summed E-state index contributed by atoms with van der Waals surface area (Å²) in [6, 6.07) is -0.820. The Morgan fingerprint density at radius 1 is 1.40 bits per heavy atom. The topological polar surface area (TPSA) is 128 Å². The molecule has 0 fully saturated rings. The van der Waals surface area contributed by atoms with Crippen LogP contribution in [0.2, 0.25) is 0 Å². The molecule has 0 aromatic rings. The number of rotatable bonds is 5. The van der Waals surface area contributed by atoms with Gasteiger partial charge in [-0.05, 0) is 12.8 Å². The van der Waals surface area contributed by atoms with E-state index in [1.165, 1.54) is 6.42 Å². The van der Waals surface area contributed by atoms with Crippen LogP contribution in [-0.2, 0) is 4.79 Å². The lowest BCUT2D eigenvalue weighted by Crippen LogP contribution is -2.30. The van der Waals surface area contributed by atoms with Gasteiger partial charge in [0.2, 0.25) is 0 Å². The smallest absolute Gasteiger partial charge is 0.320 e. The van der Waals surface area contributed by atoms with Crippen molar-refractivity contribution in [3.05, 3.63) is 0 Å². The van der Waals surface area contributed by atoms with Gasteiger partial charge in [-0.2, -0.15) is 0 Å². The molecule has 0 aromatic heterocycles. The van der Waals surface area contributed by atoms with Gasteiger partial charge < -0.3 is 22.3 Å². The van der Waals surface area contributed by atoms with Crippen LogP contribution in [0.3, 0.4) is 0 Å². The third-order valence-corrected chi connectivity index (χ3v) is 1.28. The van der Waals surface area contributed by atoms with Crippen molar-refractivity contribution in [3.8, 4) is 0 Å².